The van der Waals surface area contributed by atoms with Crippen LogP contribution in [-0.4, -0.2) is 40.1 Å². The third-order valence-electron chi connectivity index (χ3n) is 5.60. The van der Waals surface area contributed by atoms with E-state index in [4.69, 9.17) is 20.4 Å². The van der Waals surface area contributed by atoms with Gasteiger partial charge >= 0.3 is 6.18 Å². The van der Waals surface area contributed by atoms with Gasteiger partial charge in [0.05, 0.1) is 18.7 Å². The molecule has 3 rings (SSSR count). The van der Waals surface area contributed by atoms with Crippen LogP contribution >= 0.6 is 12.4 Å². The Morgan fingerprint density at radius 1 is 1.23 bits per heavy atom. The van der Waals surface area contributed by atoms with Crippen LogP contribution in [0.3, 0.4) is 0 Å². The molecule has 0 unspecified atom stereocenters. The minimum absolute atomic E-state index is 0. The summed E-state index contributed by atoms with van der Waals surface area (Å²) in [5.41, 5.74) is 4.38. The molecule has 0 aliphatic carbocycles. The Labute approximate surface area is 206 Å². The fraction of sp³-hybridized carbons (Fsp3) is 0.591. The van der Waals surface area contributed by atoms with Crippen molar-refractivity contribution in [1.29, 1.82) is 5.41 Å². The molecule has 3 N–H and O–H groups in total. The highest BCUT2D eigenvalue weighted by molar-refractivity contribution is 5.85. The smallest absolute Gasteiger partial charge is 0.419 e. The molecule has 2 aromatic rings. The molecule has 0 saturated carbocycles. The number of benzene rings is 1. The summed E-state index contributed by atoms with van der Waals surface area (Å²) in [6.45, 7) is 1.49. The van der Waals surface area contributed by atoms with Gasteiger partial charge in [0.2, 0.25) is 11.7 Å². The summed E-state index contributed by atoms with van der Waals surface area (Å²) < 4.78 is 79.1. The van der Waals surface area contributed by atoms with E-state index >= 15 is 0 Å². The molecule has 1 aliphatic heterocycles. The largest absolute Gasteiger partial charge is 0.493 e. The average Bonchev–Trinajstić information content (AvgIpc) is 3.37. The van der Waals surface area contributed by atoms with E-state index in [0.717, 1.165) is 43.1 Å². The number of nitrogens with zero attached hydrogens (tertiary/aromatic N) is 3. The van der Waals surface area contributed by atoms with Crippen LogP contribution in [0.25, 0.3) is 11.4 Å². The number of hydrogen-bond donors (Lipinski definition) is 2. The third-order valence-corrected chi connectivity index (χ3v) is 5.60. The lowest BCUT2D eigenvalue weighted by atomic mass is 10.1. The summed E-state index contributed by atoms with van der Waals surface area (Å²) in [7, 11) is 0. The minimum Gasteiger partial charge on any atom is -0.493 e. The average molecular weight is 526 g/mol. The van der Waals surface area contributed by atoms with Crippen molar-refractivity contribution < 1.29 is 31.2 Å². The normalized spacial score (nSPS) is 17.3. The Bertz CT molecular complexity index is 985. The van der Waals surface area contributed by atoms with Crippen molar-refractivity contribution in [1.82, 2.24) is 15.0 Å². The molecule has 0 radical (unpaired) electrons. The van der Waals surface area contributed by atoms with Crippen LogP contribution in [0.4, 0.5) is 22.0 Å². The van der Waals surface area contributed by atoms with Crippen molar-refractivity contribution in [3.05, 3.63) is 29.7 Å². The molecule has 1 aromatic heterocycles. The van der Waals surface area contributed by atoms with E-state index in [1.165, 1.54) is 12.1 Å². The van der Waals surface area contributed by atoms with Crippen molar-refractivity contribution in [2.75, 3.05) is 13.2 Å². The van der Waals surface area contributed by atoms with Crippen LogP contribution < -0.4 is 10.5 Å². The second-order valence-corrected chi connectivity index (χ2v) is 8.37. The van der Waals surface area contributed by atoms with Crippen molar-refractivity contribution in [3.63, 3.8) is 0 Å². The second-order valence-electron chi connectivity index (χ2n) is 8.37. The van der Waals surface area contributed by atoms with Gasteiger partial charge in [-0.05, 0) is 24.6 Å². The first-order valence-electron chi connectivity index (χ1n) is 11.2. The summed E-state index contributed by atoms with van der Waals surface area (Å²) >= 11 is 0. The lowest BCUT2D eigenvalue weighted by Crippen LogP contribution is -2.37. The van der Waals surface area contributed by atoms with Crippen molar-refractivity contribution in [2.45, 2.75) is 70.0 Å². The predicted molar refractivity (Wildman–Crippen MR) is 122 cm³/mol. The predicted octanol–water partition coefficient (Wildman–Crippen LogP) is 6.19. The zero-order valence-electron chi connectivity index (χ0n) is 19.2. The van der Waals surface area contributed by atoms with Gasteiger partial charge in [0.15, 0.2) is 5.96 Å². The Balaban J connectivity index is 0.00000432. The van der Waals surface area contributed by atoms with E-state index in [1.807, 2.05) is 0 Å². The van der Waals surface area contributed by atoms with Crippen LogP contribution in [0, 0.1) is 5.41 Å². The molecular weight excluding hydrogens is 497 g/mol. The van der Waals surface area contributed by atoms with Crippen molar-refractivity contribution >= 4 is 18.4 Å². The summed E-state index contributed by atoms with van der Waals surface area (Å²) in [6, 6.07) is 2.25. The lowest BCUT2D eigenvalue weighted by Gasteiger charge is -2.20. The molecule has 0 bridgehead atoms. The second kappa shape index (κ2) is 11.9. The number of ether oxygens (including phenoxy) is 1. The topological polar surface area (TPSA) is 101 Å². The summed E-state index contributed by atoms with van der Waals surface area (Å²) in [6.07, 6.45) is 0.490. The van der Waals surface area contributed by atoms with Crippen molar-refractivity contribution in [2.24, 2.45) is 5.73 Å². The van der Waals surface area contributed by atoms with Gasteiger partial charge in [0.1, 0.15) is 11.8 Å². The van der Waals surface area contributed by atoms with E-state index in [1.54, 1.807) is 0 Å². The number of unbranched alkanes of at least 4 members (excludes halogenated alkanes) is 5. The van der Waals surface area contributed by atoms with Crippen LogP contribution in [-0.2, 0) is 6.18 Å². The van der Waals surface area contributed by atoms with Crippen molar-refractivity contribution in [3.8, 4) is 17.1 Å². The fourth-order valence-corrected chi connectivity index (χ4v) is 3.86. The van der Waals surface area contributed by atoms with Crippen LogP contribution in [0.5, 0.6) is 5.75 Å². The quantitative estimate of drug-likeness (QED) is 0.166. The summed E-state index contributed by atoms with van der Waals surface area (Å²) in [5, 5.41) is 11.2. The number of likely N-dealkylation sites (tertiary alicyclic amines) is 1. The van der Waals surface area contributed by atoms with Gasteiger partial charge in [0.25, 0.3) is 5.92 Å². The molecule has 1 aliphatic rings. The highest BCUT2D eigenvalue weighted by Gasteiger charge is 2.48. The van der Waals surface area contributed by atoms with E-state index in [9.17, 15) is 22.0 Å². The highest BCUT2D eigenvalue weighted by atomic mass is 35.5. The Morgan fingerprint density at radius 3 is 2.57 bits per heavy atom. The SMILES string of the molecule is CCCCCCCCOc1ccc(-c2noc([C@@H]3CC(F)(F)CN3C(=N)N)n2)cc1C(F)(F)F.Cl. The van der Waals surface area contributed by atoms with Gasteiger partial charge in [-0.2, -0.15) is 18.2 Å². The zero-order chi connectivity index (χ0) is 24.9. The molecule has 1 atom stereocenters. The van der Waals surface area contributed by atoms with Gasteiger partial charge in [-0.3, -0.25) is 5.41 Å². The number of rotatable bonds is 10. The first-order valence-corrected chi connectivity index (χ1v) is 11.2. The number of alkyl halides is 5. The highest BCUT2D eigenvalue weighted by Crippen LogP contribution is 2.41. The van der Waals surface area contributed by atoms with E-state index in [0.29, 0.717) is 6.42 Å². The molecule has 1 aromatic carbocycles. The number of aromatic nitrogens is 2. The molecule has 0 amide bonds. The monoisotopic (exact) mass is 525 g/mol. The summed E-state index contributed by atoms with van der Waals surface area (Å²) in [5.74, 6) is -4.45. The van der Waals surface area contributed by atoms with E-state index < -0.39 is 42.6 Å². The Hall–Kier alpha value is -2.63. The number of halogens is 6. The maximum atomic E-state index is 13.8. The molecule has 13 heteroatoms. The van der Waals surface area contributed by atoms with Gasteiger partial charge in [0, 0.05) is 12.0 Å². The van der Waals surface area contributed by atoms with Crippen LogP contribution in [0.15, 0.2) is 22.7 Å². The summed E-state index contributed by atoms with van der Waals surface area (Å²) in [4.78, 5) is 4.93. The van der Waals surface area contributed by atoms with Gasteiger partial charge in [-0.25, -0.2) is 8.78 Å². The minimum atomic E-state index is -4.68. The number of hydrogen-bond acceptors (Lipinski definition) is 5. The lowest BCUT2D eigenvalue weighted by molar-refractivity contribution is -0.138. The Morgan fingerprint density at radius 2 is 1.91 bits per heavy atom. The van der Waals surface area contributed by atoms with Gasteiger partial charge < -0.3 is 19.9 Å². The molecule has 2 heterocycles. The van der Waals surface area contributed by atoms with Gasteiger partial charge in [-0.1, -0.05) is 44.2 Å². The number of nitrogens with one attached hydrogen (secondary N) is 1. The first kappa shape index (κ1) is 28.6. The maximum absolute atomic E-state index is 13.8. The third kappa shape index (κ3) is 7.42. The zero-order valence-corrected chi connectivity index (χ0v) is 20.0. The molecule has 1 saturated heterocycles. The molecular formula is C22H29ClF5N5O2. The number of nitrogens with two attached hydrogens (primary N) is 1. The molecule has 0 spiro atoms. The number of guanidine groups is 1. The van der Waals surface area contributed by atoms with E-state index in [-0.39, 0.29) is 42.0 Å². The van der Waals surface area contributed by atoms with Crippen LogP contribution in [0.2, 0.25) is 0 Å². The van der Waals surface area contributed by atoms with E-state index in [2.05, 4.69) is 17.1 Å². The first-order chi connectivity index (χ1) is 16.0. The maximum Gasteiger partial charge on any atom is 0.419 e. The molecule has 35 heavy (non-hydrogen) atoms. The molecule has 196 valence electrons. The Kier molecular flexibility index (Phi) is 9.70. The van der Waals surface area contributed by atoms with Crippen LogP contribution in [0.1, 0.15) is 69.4 Å². The molecule has 1 fully saturated rings. The van der Waals surface area contributed by atoms with Gasteiger partial charge in [-0.15, -0.1) is 12.4 Å². The molecule has 7 nitrogen and oxygen atoms in total. The standard InChI is InChI=1S/C22H28F5N5O2.ClH/c1-2-3-4-5-6-7-10-33-17-9-8-14(11-15(17)22(25,26)27)18-30-19(34-31-18)16-12-21(23,24)13-32(16)20(28)29;/h8-9,11,16H,2-7,10,12-13H2,1H3,(H3,28,29);1H/t16-;/m0./s1. The fourth-order valence-electron chi connectivity index (χ4n) is 3.86.